The topological polar surface area (TPSA) is 23.6 Å². The molecule has 1 saturated heterocycles. The van der Waals surface area contributed by atoms with E-state index in [-0.39, 0.29) is 5.24 Å². The molecule has 0 amide bonds. The Morgan fingerprint density at radius 3 is 2.54 bits per heavy atom. The SMILES string of the molecule is CN1CCC(N(C)CC(=O)Cl)CC1. The second kappa shape index (κ2) is 4.94. The molecule has 0 aromatic carbocycles. The standard InChI is InChI=1S/C9H17ClN2O/c1-11-5-3-8(4-6-11)12(2)7-9(10)13/h8H,3-7H2,1-2H3. The lowest BCUT2D eigenvalue weighted by molar-refractivity contribution is -0.113. The fraction of sp³-hybridized carbons (Fsp3) is 0.889. The highest BCUT2D eigenvalue weighted by Crippen LogP contribution is 2.13. The number of carbonyl (C=O) groups is 1. The molecule has 0 unspecified atom stereocenters. The molecule has 1 aliphatic heterocycles. The monoisotopic (exact) mass is 204 g/mol. The Labute approximate surface area is 84.6 Å². The van der Waals surface area contributed by atoms with Gasteiger partial charge in [0.2, 0.25) is 5.24 Å². The zero-order valence-electron chi connectivity index (χ0n) is 8.29. The Morgan fingerprint density at radius 2 is 2.08 bits per heavy atom. The molecule has 0 bridgehead atoms. The van der Waals surface area contributed by atoms with Gasteiger partial charge in [-0.1, -0.05) is 0 Å². The molecule has 0 aromatic heterocycles. The van der Waals surface area contributed by atoms with Crippen LogP contribution in [0.2, 0.25) is 0 Å². The smallest absolute Gasteiger partial charge is 0.235 e. The molecule has 1 heterocycles. The van der Waals surface area contributed by atoms with Crippen LogP contribution in [0.3, 0.4) is 0 Å². The van der Waals surface area contributed by atoms with Gasteiger partial charge in [0, 0.05) is 6.04 Å². The van der Waals surface area contributed by atoms with E-state index in [4.69, 9.17) is 11.6 Å². The Bertz CT molecular complexity index is 178. The largest absolute Gasteiger partial charge is 0.306 e. The van der Waals surface area contributed by atoms with Crippen molar-refractivity contribution in [3.05, 3.63) is 0 Å². The van der Waals surface area contributed by atoms with Crippen molar-refractivity contribution in [3.63, 3.8) is 0 Å². The third-order valence-electron chi connectivity index (χ3n) is 2.69. The van der Waals surface area contributed by atoms with Crippen LogP contribution in [-0.4, -0.2) is 54.8 Å². The van der Waals surface area contributed by atoms with Crippen LogP contribution in [0.4, 0.5) is 0 Å². The molecule has 13 heavy (non-hydrogen) atoms. The molecule has 1 rings (SSSR count). The first kappa shape index (κ1) is 11.0. The average molecular weight is 205 g/mol. The molecule has 4 heteroatoms. The maximum absolute atomic E-state index is 10.7. The molecular weight excluding hydrogens is 188 g/mol. The van der Waals surface area contributed by atoms with Crippen molar-refractivity contribution >= 4 is 16.8 Å². The number of halogens is 1. The van der Waals surface area contributed by atoms with E-state index < -0.39 is 0 Å². The molecule has 76 valence electrons. The lowest BCUT2D eigenvalue weighted by atomic mass is 10.0. The normalized spacial score (nSPS) is 20.9. The summed E-state index contributed by atoms with van der Waals surface area (Å²) in [5, 5.41) is -0.263. The van der Waals surface area contributed by atoms with E-state index in [1.807, 2.05) is 7.05 Å². The summed E-state index contributed by atoms with van der Waals surface area (Å²) in [6.45, 7) is 2.60. The van der Waals surface area contributed by atoms with E-state index in [0.29, 0.717) is 12.6 Å². The molecule has 0 radical (unpaired) electrons. The zero-order valence-corrected chi connectivity index (χ0v) is 9.05. The second-order valence-corrected chi connectivity index (χ2v) is 4.23. The highest BCUT2D eigenvalue weighted by molar-refractivity contribution is 6.64. The quantitative estimate of drug-likeness (QED) is 0.635. The van der Waals surface area contributed by atoms with E-state index in [9.17, 15) is 4.79 Å². The first-order valence-electron chi connectivity index (χ1n) is 4.66. The first-order chi connectivity index (χ1) is 6.09. The van der Waals surface area contributed by atoms with Crippen molar-refractivity contribution in [1.29, 1.82) is 0 Å². The van der Waals surface area contributed by atoms with Gasteiger partial charge in [-0.25, -0.2) is 0 Å². The van der Waals surface area contributed by atoms with Gasteiger partial charge in [0.1, 0.15) is 0 Å². The molecule has 1 aliphatic rings. The van der Waals surface area contributed by atoms with Crippen LogP contribution in [-0.2, 0) is 4.79 Å². The van der Waals surface area contributed by atoms with Crippen molar-refractivity contribution in [2.45, 2.75) is 18.9 Å². The predicted molar refractivity (Wildman–Crippen MR) is 54.0 cm³/mol. The summed E-state index contributed by atoms with van der Waals surface area (Å²) in [4.78, 5) is 15.0. The van der Waals surface area contributed by atoms with Crippen LogP contribution in [0.15, 0.2) is 0 Å². The van der Waals surface area contributed by atoms with Gasteiger partial charge in [-0.15, -0.1) is 0 Å². The maximum Gasteiger partial charge on any atom is 0.235 e. The third kappa shape index (κ3) is 3.63. The van der Waals surface area contributed by atoms with Crippen LogP contribution in [0.5, 0.6) is 0 Å². The van der Waals surface area contributed by atoms with E-state index in [0.717, 1.165) is 25.9 Å². The number of rotatable bonds is 3. The van der Waals surface area contributed by atoms with Crippen molar-refractivity contribution in [2.24, 2.45) is 0 Å². The van der Waals surface area contributed by atoms with E-state index in [1.165, 1.54) is 0 Å². The van der Waals surface area contributed by atoms with Crippen molar-refractivity contribution in [3.8, 4) is 0 Å². The summed E-state index contributed by atoms with van der Waals surface area (Å²) in [5.74, 6) is 0. The number of nitrogens with zero attached hydrogens (tertiary/aromatic N) is 2. The number of hydrogen-bond acceptors (Lipinski definition) is 3. The van der Waals surface area contributed by atoms with Gasteiger partial charge in [0.25, 0.3) is 0 Å². The van der Waals surface area contributed by atoms with Crippen molar-refractivity contribution in [2.75, 3.05) is 33.7 Å². The minimum absolute atomic E-state index is 0.263. The van der Waals surface area contributed by atoms with Gasteiger partial charge in [0.15, 0.2) is 0 Å². The highest BCUT2D eigenvalue weighted by Gasteiger charge is 2.21. The fourth-order valence-corrected chi connectivity index (χ4v) is 1.95. The van der Waals surface area contributed by atoms with Crippen LogP contribution < -0.4 is 0 Å². The number of carbonyl (C=O) groups excluding carboxylic acids is 1. The fourth-order valence-electron chi connectivity index (χ4n) is 1.76. The first-order valence-corrected chi connectivity index (χ1v) is 5.04. The summed E-state index contributed by atoms with van der Waals surface area (Å²) in [5.41, 5.74) is 0. The molecule has 0 saturated carbocycles. The number of hydrogen-bond donors (Lipinski definition) is 0. The Kier molecular flexibility index (Phi) is 4.16. The molecule has 0 aliphatic carbocycles. The Hall–Kier alpha value is -0.120. The van der Waals surface area contributed by atoms with Gasteiger partial charge in [-0.3, -0.25) is 9.69 Å². The molecular formula is C9H17ClN2O. The number of likely N-dealkylation sites (tertiary alicyclic amines) is 1. The highest BCUT2D eigenvalue weighted by atomic mass is 35.5. The second-order valence-electron chi connectivity index (χ2n) is 3.80. The predicted octanol–water partition coefficient (Wildman–Crippen LogP) is 0.778. The van der Waals surface area contributed by atoms with Gasteiger partial charge >= 0.3 is 0 Å². The average Bonchev–Trinajstić information content (AvgIpc) is 2.04. The minimum Gasteiger partial charge on any atom is -0.306 e. The summed E-state index contributed by atoms with van der Waals surface area (Å²) in [7, 11) is 4.10. The molecule has 0 N–H and O–H groups in total. The van der Waals surface area contributed by atoms with Gasteiger partial charge < -0.3 is 4.90 Å². The third-order valence-corrected chi connectivity index (χ3v) is 2.80. The van der Waals surface area contributed by atoms with Gasteiger partial charge in [-0.2, -0.15) is 0 Å². The molecule has 1 fully saturated rings. The van der Waals surface area contributed by atoms with E-state index in [2.05, 4.69) is 16.8 Å². The molecule has 3 nitrogen and oxygen atoms in total. The van der Waals surface area contributed by atoms with Crippen molar-refractivity contribution < 1.29 is 4.79 Å². The Morgan fingerprint density at radius 1 is 1.54 bits per heavy atom. The van der Waals surface area contributed by atoms with Crippen molar-refractivity contribution in [1.82, 2.24) is 9.80 Å². The summed E-state index contributed by atoms with van der Waals surface area (Å²) in [6.07, 6.45) is 2.27. The number of piperidine rings is 1. The van der Waals surface area contributed by atoms with E-state index >= 15 is 0 Å². The molecule has 0 aromatic rings. The van der Waals surface area contributed by atoms with Crippen LogP contribution >= 0.6 is 11.6 Å². The van der Waals surface area contributed by atoms with Gasteiger partial charge in [0.05, 0.1) is 6.54 Å². The van der Waals surface area contributed by atoms with Gasteiger partial charge in [-0.05, 0) is 51.6 Å². The summed E-state index contributed by atoms with van der Waals surface area (Å²) in [6, 6.07) is 0.527. The molecule has 0 atom stereocenters. The van der Waals surface area contributed by atoms with Crippen LogP contribution in [0.25, 0.3) is 0 Å². The van der Waals surface area contributed by atoms with Crippen LogP contribution in [0, 0.1) is 0 Å². The van der Waals surface area contributed by atoms with E-state index in [1.54, 1.807) is 0 Å². The minimum atomic E-state index is -0.263. The van der Waals surface area contributed by atoms with Crippen LogP contribution in [0.1, 0.15) is 12.8 Å². The summed E-state index contributed by atoms with van der Waals surface area (Å²) < 4.78 is 0. The maximum atomic E-state index is 10.7. The zero-order chi connectivity index (χ0) is 9.84. The number of likely N-dealkylation sites (N-methyl/N-ethyl adjacent to an activating group) is 1. The Balaban J connectivity index is 2.31. The summed E-state index contributed by atoms with van der Waals surface area (Å²) >= 11 is 5.33. The lowest BCUT2D eigenvalue weighted by Gasteiger charge is -2.34. The lowest BCUT2D eigenvalue weighted by Crippen LogP contribution is -2.43. The molecule has 0 spiro atoms.